The van der Waals surface area contributed by atoms with Crippen molar-refractivity contribution in [2.75, 3.05) is 7.11 Å². The predicted molar refractivity (Wildman–Crippen MR) is 89.0 cm³/mol. The monoisotopic (exact) mass is 362 g/mol. The molecule has 3 nitrogen and oxygen atoms in total. The van der Waals surface area contributed by atoms with Gasteiger partial charge in [-0.15, -0.1) is 0 Å². The Bertz CT molecular complexity index is 836. The Morgan fingerprint density at radius 1 is 1.14 bits per heavy atom. The molecule has 0 fully saturated rings. The second-order valence-electron chi connectivity index (χ2n) is 4.68. The number of ether oxygens (including phenoxy) is 1. The van der Waals surface area contributed by atoms with Gasteiger partial charge < -0.3 is 4.74 Å². The SMILES string of the molecule is COc1ccc(Br)c2c(Cl)nc(-c3cccc(C)c3)nc12. The highest BCUT2D eigenvalue weighted by Crippen LogP contribution is 2.35. The fourth-order valence-electron chi connectivity index (χ4n) is 2.21. The van der Waals surface area contributed by atoms with Crippen LogP contribution in [0.2, 0.25) is 5.15 Å². The maximum absolute atomic E-state index is 6.35. The van der Waals surface area contributed by atoms with E-state index in [9.17, 15) is 0 Å². The highest BCUT2D eigenvalue weighted by molar-refractivity contribution is 9.10. The van der Waals surface area contributed by atoms with E-state index in [4.69, 9.17) is 16.3 Å². The van der Waals surface area contributed by atoms with Crippen molar-refractivity contribution in [3.05, 3.63) is 51.6 Å². The van der Waals surface area contributed by atoms with Crippen LogP contribution in [0.15, 0.2) is 40.9 Å². The molecule has 2 aromatic carbocycles. The van der Waals surface area contributed by atoms with E-state index in [0.717, 1.165) is 21.0 Å². The van der Waals surface area contributed by atoms with E-state index in [0.29, 0.717) is 22.2 Å². The minimum Gasteiger partial charge on any atom is -0.494 e. The Labute approximate surface area is 136 Å². The molecule has 0 atom stereocenters. The van der Waals surface area contributed by atoms with E-state index in [2.05, 4.69) is 25.9 Å². The number of hydrogen-bond acceptors (Lipinski definition) is 3. The molecule has 3 aromatic rings. The molecular weight excluding hydrogens is 352 g/mol. The number of methoxy groups -OCH3 is 1. The van der Waals surface area contributed by atoms with Crippen molar-refractivity contribution >= 4 is 38.4 Å². The van der Waals surface area contributed by atoms with Gasteiger partial charge in [0.2, 0.25) is 0 Å². The molecule has 0 radical (unpaired) electrons. The van der Waals surface area contributed by atoms with Gasteiger partial charge in [0.15, 0.2) is 5.82 Å². The van der Waals surface area contributed by atoms with Crippen LogP contribution in [0.25, 0.3) is 22.3 Å². The van der Waals surface area contributed by atoms with Crippen LogP contribution in [0.5, 0.6) is 5.75 Å². The average molecular weight is 364 g/mol. The van der Waals surface area contributed by atoms with Gasteiger partial charge in [0.1, 0.15) is 16.4 Å². The van der Waals surface area contributed by atoms with Gasteiger partial charge in [-0.3, -0.25) is 0 Å². The van der Waals surface area contributed by atoms with Gasteiger partial charge in [-0.05, 0) is 41.1 Å². The Hall–Kier alpha value is -1.65. The molecule has 0 saturated heterocycles. The fourth-order valence-corrected chi connectivity index (χ4v) is 3.11. The van der Waals surface area contributed by atoms with Crippen LogP contribution in [0.4, 0.5) is 0 Å². The number of fused-ring (bicyclic) bond motifs is 1. The van der Waals surface area contributed by atoms with Crippen molar-refractivity contribution in [1.82, 2.24) is 9.97 Å². The van der Waals surface area contributed by atoms with E-state index in [1.807, 2.05) is 43.3 Å². The summed E-state index contributed by atoms with van der Waals surface area (Å²) in [5.74, 6) is 1.26. The number of benzene rings is 2. The molecule has 3 rings (SSSR count). The van der Waals surface area contributed by atoms with Crippen molar-refractivity contribution in [1.29, 1.82) is 0 Å². The molecule has 0 spiro atoms. The molecule has 21 heavy (non-hydrogen) atoms. The maximum atomic E-state index is 6.35. The van der Waals surface area contributed by atoms with Gasteiger partial charge in [0.25, 0.3) is 0 Å². The van der Waals surface area contributed by atoms with Crippen molar-refractivity contribution in [3.8, 4) is 17.1 Å². The maximum Gasteiger partial charge on any atom is 0.161 e. The Balaban J connectivity index is 2.32. The molecule has 0 amide bonds. The highest BCUT2D eigenvalue weighted by atomic mass is 79.9. The first kappa shape index (κ1) is 14.3. The van der Waals surface area contributed by atoms with Gasteiger partial charge in [0.05, 0.1) is 12.5 Å². The van der Waals surface area contributed by atoms with Gasteiger partial charge in [-0.25, -0.2) is 9.97 Å². The predicted octanol–water partition coefficient (Wildman–Crippen LogP) is 5.03. The first-order valence-corrected chi connectivity index (χ1v) is 7.54. The average Bonchev–Trinajstić information content (AvgIpc) is 2.47. The van der Waals surface area contributed by atoms with Crippen molar-refractivity contribution < 1.29 is 4.74 Å². The zero-order valence-electron chi connectivity index (χ0n) is 11.5. The van der Waals surface area contributed by atoms with Crippen LogP contribution in [0.1, 0.15) is 5.56 Å². The van der Waals surface area contributed by atoms with Gasteiger partial charge in [-0.1, -0.05) is 35.4 Å². The summed E-state index contributed by atoms with van der Waals surface area (Å²) in [6.45, 7) is 2.03. The number of rotatable bonds is 2. The molecule has 0 bridgehead atoms. The normalized spacial score (nSPS) is 10.9. The zero-order chi connectivity index (χ0) is 15.0. The first-order chi connectivity index (χ1) is 10.1. The third-order valence-electron chi connectivity index (χ3n) is 3.21. The summed E-state index contributed by atoms with van der Waals surface area (Å²) >= 11 is 9.83. The molecule has 0 N–H and O–H groups in total. The van der Waals surface area contributed by atoms with Crippen LogP contribution >= 0.6 is 27.5 Å². The summed E-state index contributed by atoms with van der Waals surface area (Å²) in [6.07, 6.45) is 0. The van der Waals surface area contributed by atoms with Crippen LogP contribution < -0.4 is 4.74 Å². The Morgan fingerprint density at radius 3 is 2.67 bits per heavy atom. The van der Waals surface area contributed by atoms with Crippen LogP contribution in [0.3, 0.4) is 0 Å². The lowest BCUT2D eigenvalue weighted by Gasteiger charge is -2.10. The summed E-state index contributed by atoms with van der Waals surface area (Å²) in [5.41, 5.74) is 2.78. The minimum absolute atomic E-state index is 0.405. The van der Waals surface area contributed by atoms with Gasteiger partial charge in [-0.2, -0.15) is 0 Å². The van der Waals surface area contributed by atoms with Gasteiger partial charge in [0, 0.05) is 10.0 Å². The molecule has 0 aliphatic heterocycles. The summed E-state index contributed by atoms with van der Waals surface area (Å²) in [7, 11) is 1.62. The lowest BCUT2D eigenvalue weighted by molar-refractivity contribution is 0.419. The van der Waals surface area contributed by atoms with E-state index in [1.165, 1.54) is 0 Å². The van der Waals surface area contributed by atoms with Crippen molar-refractivity contribution in [2.24, 2.45) is 0 Å². The van der Waals surface area contributed by atoms with E-state index in [1.54, 1.807) is 7.11 Å². The number of aromatic nitrogens is 2. The Morgan fingerprint density at radius 2 is 1.95 bits per heavy atom. The molecular formula is C16H12BrClN2O. The second-order valence-corrected chi connectivity index (χ2v) is 5.89. The van der Waals surface area contributed by atoms with Crippen LogP contribution in [-0.4, -0.2) is 17.1 Å². The standard InChI is InChI=1S/C16H12BrClN2O/c1-9-4-3-5-10(8-9)16-19-14-12(21-2)7-6-11(17)13(14)15(18)20-16/h3-8H,1-2H3. The quantitative estimate of drug-likeness (QED) is 0.599. The topological polar surface area (TPSA) is 35.0 Å². The summed E-state index contributed by atoms with van der Waals surface area (Å²) in [5, 5.41) is 1.16. The number of hydrogen-bond donors (Lipinski definition) is 0. The molecule has 0 aliphatic rings. The fraction of sp³-hybridized carbons (Fsp3) is 0.125. The number of halogens is 2. The zero-order valence-corrected chi connectivity index (χ0v) is 13.9. The molecule has 0 saturated carbocycles. The number of nitrogens with zero attached hydrogens (tertiary/aromatic N) is 2. The first-order valence-electron chi connectivity index (χ1n) is 6.37. The lowest BCUT2D eigenvalue weighted by atomic mass is 10.1. The van der Waals surface area contributed by atoms with Crippen molar-refractivity contribution in [2.45, 2.75) is 6.92 Å². The van der Waals surface area contributed by atoms with Crippen molar-refractivity contribution in [3.63, 3.8) is 0 Å². The molecule has 106 valence electrons. The number of aryl methyl sites for hydroxylation is 1. The minimum atomic E-state index is 0.405. The van der Waals surface area contributed by atoms with Gasteiger partial charge >= 0.3 is 0 Å². The van der Waals surface area contributed by atoms with E-state index < -0.39 is 0 Å². The second kappa shape index (κ2) is 5.62. The van der Waals surface area contributed by atoms with Crippen LogP contribution in [0, 0.1) is 6.92 Å². The third-order valence-corrected chi connectivity index (χ3v) is 4.15. The summed E-state index contributed by atoms with van der Waals surface area (Å²) in [6, 6.07) is 11.7. The third kappa shape index (κ3) is 2.61. The highest BCUT2D eigenvalue weighted by Gasteiger charge is 2.14. The Kier molecular flexibility index (Phi) is 3.83. The summed E-state index contributed by atoms with van der Waals surface area (Å²) in [4.78, 5) is 9.05. The van der Waals surface area contributed by atoms with E-state index >= 15 is 0 Å². The molecule has 0 unspecified atom stereocenters. The molecule has 1 heterocycles. The molecule has 0 aliphatic carbocycles. The largest absolute Gasteiger partial charge is 0.494 e. The van der Waals surface area contributed by atoms with E-state index in [-0.39, 0.29) is 0 Å². The van der Waals surface area contributed by atoms with Crippen LogP contribution in [-0.2, 0) is 0 Å². The smallest absolute Gasteiger partial charge is 0.161 e. The lowest BCUT2D eigenvalue weighted by Crippen LogP contribution is -1.95. The molecule has 1 aromatic heterocycles. The summed E-state index contributed by atoms with van der Waals surface area (Å²) < 4.78 is 6.23. The molecule has 5 heteroatoms.